The smallest absolute Gasteiger partial charge is 0.363 e. The molecule has 5 rings (SSSR count). The number of hydrogen-bond donors (Lipinski definition) is 8. The Hall–Kier alpha value is -3.64. The summed E-state index contributed by atoms with van der Waals surface area (Å²) in [4.78, 5) is 47.0. The number of allylic oxidation sites excluding steroid dienone is 1. The van der Waals surface area contributed by atoms with Crippen LogP contribution in [-0.2, 0) is 27.2 Å². The van der Waals surface area contributed by atoms with Crippen LogP contribution in [0, 0.1) is 31.6 Å². The van der Waals surface area contributed by atoms with E-state index in [4.69, 9.17) is 0 Å². The van der Waals surface area contributed by atoms with Crippen LogP contribution < -0.4 is 21.0 Å². The fraction of sp³-hybridized carbons (Fsp3) is 0.455. The number of carboxylic acids is 2. The number of aromatic amines is 2. The van der Waals surface area contributed by atoms with Gasteiger partial charge in [0, 0.05) is 69.2 Å². The van der Waals surface area contributed by atoms with Crippen molar-refractivity contribution in [2.24, 2.45) is 17.8 Å². The molecule has 2 saturated heterocycles. The Labute approximate surface area is 271 Å². The van der Waals surface area contributed by atoms with Gasteiger partial charge in [-0.1, -0.05) is 13.8 Å². The average molecular weight is 654 g/mol. The predicted octanol–water partition coefficient (Wildman–Crippen LogP) is 1.70. The number of carbonyl (C=O) groups excluding carboxylic acids is 1. The molecule has 4 atom stereocenters. The lowest BCUT2D eigenvalue weighted by Crippen LogP contribution is -2.76. The van der Waals surface area contributed by atoms with E-state index in [0.717, 1.165) is 67.8 Å². The largest absolute Gasteiger partial charge is 0.481 e. The number of aromatic nitrogens is 2. The normalized spacial score (nSPS) is 26.2. The van der Waals surface area contributed by atoms with Gasteiger partial charge in [-0.3, -0.25) is 14.4 Å². The zero-order valence-corrected chi connectivity index (χ0v) is 27.6. The first-order valence-electron chi connectivity index (χ1n) is 15.3. The summed E-state index contributed by atoms with van der Waals surface area (Å²) >= 11 is 6.12. The molecule has 0 radical (unpaired) electrons. The van der Waals surface area contributed by atoms with Crippen molar-refractivity contribution in [3.8, 4) is 0 Å². The highest BCUT2D eigenvalue weighted by Crippen LogP contribution is 2.41. The summed E-state index contributed by atoms with van der Waals surface area (Å²) in [5, 5.41) is 34.1. The number of H-pyrrole nitrogens is 2. The van der Waals surface area contributed by atoms with Crippen molar-refractivity contribution < 1.29 is 34.7 Å². The second-order valence-electron chi connectivity index (χ2n) is 12.1. The highest BCUT2D eigenvalue weighted by molar-refractivity contribution is 8.11. The molecule has 2 fully saturated rings. The van der Waals surface area contributed by atoms with Crippen LogP contribution in [0.5, 0.6) is 0 Å². The van der Waals surface area contributed by atoms with Crippen molar-refractivity contribution in [1.29, 1.82) is 0 Å². The molecular formula is C33H41N4O6S2+. The summed E-state index contributed by atoms with van der Waals surface area (Å²) in [6.07, 6.45) is 7.17. The molecule has 1 unspecified atom stereocenters. The maximum atomic E-state index is 12.5. The highest BCUT2D eigenvalue weighted by Gasteiger charge is 2.41. The summed E-state index contributed by atoms with van der Waals surface area (Å²) in [5.41, 5.74) is 6.81. The zero-order chi connectivity index (χ0) is 32.6. The lowest BCUT2D eigenvalue weighted by Gasteiger charge is -2.12. The Bertz CT molecular complexity index is 1760. The maximum absolute atomic E-state index is 12.5. The van der Waals surface area contributed by atoms with Crippen molar-refractivity contribution in [2.75, 3.05) is 11.5 Å². The highest BCUT2D eigenvalue weighted by atomic mass is 32.2. The molecule has 0 saturated carbocycles. The molecule has 7 N–H and O–H groups in total. The van der Waals surface area contributed by atoms with Gasteiger partial charge in [-0.05, 0) is 73.3 Å². The number of carbonyl (C=O) groups is 3. The maximum Gasteiger partial charge on any atom is 0.363 e. The van der Waals surface area contributed by atoms with Crippen molar-refractivity contribution in [3.05, 3.63) is 60.5 Å². The third-order valence-corrected chi connectivity index (χ3v) is 10.3. The minimum absolute atomic E-state index is 0.0114. The first-order valence-corrected chi connectivity index (χ1v) is 16.9. The molecular weight excluding hydrogens is 613 g/mol. The minimum atomic E-state index is -0.904. The van der Waals surface area contributed by atoms with E-state index in [9.17, 15) is 29.7 Å². The number of amides is 1. The standard InChI is InChI=1S/C33H40N4O6S2/c1-15-19(5-7-29(38)39)25(34-22(15)11-24-18(4)31(28-14-45-28)33(43)36-24)13-26-20(6-8-30(40)41)16(2)23(35-26)12-27-21(9-10-44)17(3)32(42)37-27/h11-13,17-18,21,24,34-35,44H,5-10,14H2,1-4H3,(H,36,43)(H,37,42)(H,38,39)(H,40,41)/p+1/b22-11-,25-13-,27-12-,31-28-/t17-,18?,21-,24-/m1/s1. The van der Waals surface area contributed by atoms with Crippen molar-refractivity contribution in [1.82, 2.24) is 15.3 Å². The van der Waals surface area contributed by atoms with Crippen molar-refractivity contribution in [3.63, 3.8) is 0 Å². The van der Waals surface area contributed by atoms with E-state index < -0.39 is 11.9 Å². The predicted molar refractivity (Wildman–Crippen MR) is 179 cm³/mol. The van der Waals surface area contributed by atoms with Gasteiger partial charge in [0.1, 0.15) is 0 Å². The van der Waals surface area contributed by atoms with E-state index in [1.165, 1.54) is 4.91 Å². The lowest BCUT2D eigenvalue weighted by atomic mass is 9.91. The van der Waals surface area contributed by atoms with Crippen LogP contribution in [0.2, 0.25) is 0 Å². The quantitative estimate of drug-likeness (QED) is 0.135. The van der Waals surface area contributed by atoms with Gasteiger partial charge < -0.3 is 30.6 Å². The van der Waals surface area contributed by atoms with Crippen LogP contribution in [0.15, 0.2) is 16.2 Å². The number of thioether (sulfide) groups is 1. The lowest BCUT2D eigenvalue weighted by molar-refractivity contribution is -0.487. The third kappa shape index (κ3) is 6.96. The molecule has 10 nitrogen and oxygen atoms in total. The molecule has 5 heterocycles. The van der Waals surface area contributed by atoms with Crippen LogP contribution in [0.4, 0.5) is 0 Å². The Morgan fingerprint density at radius 1 is 0.978 bits per heavy atom. The molecule has 45 heavy (non-hydrogen) atoms. The number of nitrogens with one attached hydrogen (secondary N) is 4. The Balaban J connectivity index is 1.62. The number of thiol groups is 1. The molecule has 2 aromatic heterocycles. The molecule has 1 amide bonds. The van der Waals surface area contributed by atoms with Gasteiger partial charge in [0.25, 0.3) is 0 Å². The molecule has 0 spiro atoms. The Morgan fingerprint density at radius 2 is 1.64 bits per heavy atom. The fourth-order valence-electron chi connectivity index (χ4n) is 6.51. The fourth-order valence-corrected chi connectivity index (χ4v) is 7.45. The Kier molecular flexibility index (Phi) is 9.74. The van der Waals surface area contributed by atoms with Crippen LogP contribution in [0.25, 0.3) is 18.2 Å². The molecule has 0 aromatic carbocycles. The molecule has 0 bridgehead atoms. The monoisotopic (exact) mass is 653 g/mol. The minimum Gasteiger partial charge on any atom is -0.481 e. The number of aliphatic carboxylic acids is 2. The van der Waals surface area contributed by atoms with Crippen LogP contribution in [0.3, 0.4) is 0 Å². The molecule has 2 aromatic rings. The number of hydrogen-bond acceptors (Lipinski definition) is 5. The van der Waals surface area contributed by atoms with Crippen LogP contribution in [-0.4, -0.2) is 66.6 Å². The van der Waals surface area contributed by atoms with E-state index in [1.807, 2.05) is 39.0 Å². The van der Waals surface area contributed by atoms with Gasteiger partial charge in [0.2, 0.25) is 5.91 Å². The number of carboxylic acid groups (broad SMARTS) is 2. The van der Waals surface area contributed by atoms with Gasteiger partial charge in [-0.15, -0.1) is 11.8 Å². The first kappa shape index (κ1) is 32.7. The summed E-state index contributed by atoms with van der Waals surface area (Å²) in [6.45, 7) is 7.89. The topological polar surface area (TPSA) is 169 Å². The average Bonchev–Trinajstić information content (AvgIpc) is 3.56. The SMILES string of the molecule is Cc1c(/C=C2\NC(=O)[C@H](C)[C@H]2CCS)[nH]c(/C=c2\[nH]/c(=C\[C@H]3[NH+]=C(O)/C(=C4/CS4)C3C)c(C)c2CCC(=O)O)c1CCC(=O)O. The van der Waals surface area contributed by atoms with E-state index in [-0.39, 0.29) is 48.4 Å². The molecule has 3 aliphatic heterocycles. The van der Waals surface area contributed by atoms with Gasteiger partial charge in [0.15, 0.2) is 6.04 Å². The molecule has 3 aliphatic rings. The van der Waals surface area contributed by atoms with Crippen molar-refractivity contribution in [2.45, 2.75) is 65.8 Å². The van der Waals surface area contributed by atoms with E-state index in [1.54, 1.807) is 11.8 Å². The first-order chi connectivity index (χ1) is 21.4. The number of aliphatic hydroxyl groups excluding tert-OH is 1. The summed E-state index contributed by atoms with van der Waals surface area (Å²) < 4.78 is 0. The second kappa shape index (κ2) is 13.4. The second-order valence-corrected chi connectivity index (χ2v) is 13.7. The van der Waals surface area contributed by atoms with Crippen LogP contribution in [0.1, 0.15) is 66.8 Å². The van der Waals surface area contributed by atoms with Gasteiger partial charge in [-0.25, -0.2) is 4.99 Å². The van der Waals surface area contributed by atoms with Gasteiger partial charge in [0.05, 0.1) is 11.5 Å². The molecule has 0 aliphatic carbocycles. The molecule has 12 heteroatoms. The van der Waals surface area contributed by atoms with Crippen LogP contribution >= 0.6 is 24.4 Å². The van der Waals surface area contributed by atoms with Gasteiger partial charge >= 0.3 is 17.8 Å². The van der Waals surface area contributed by atoms with Gasteiger partial charge in [-0.2, -0.15) is 12.6 Å². The number of aliphatic hydroxyl groups is 1. The summed E-state index contributed by atoms with van der Waals surface area (Å²) in [7, 11) is 0. The zero-order valence-electron chi connectivity index (χ0n) is 25.9. The molecule has 240 valence electrons. The third-order valence-electron chi connectivity index (χ3n) is 9.28. The summed E-state index contributed by atoms with van der Waals surface area (Å²) in [5.74, 6) is -0.135. The van der Waals surface area contributed by atoms with E-state index in [0.29, 0.717) is 18.6 Å². The number of rotatable bonds is 11. The van der Waals surface area contributed by atoms with E-state index in [2.05, 4.69) is 39.8 Å². The summed E-state index contributed by atoms with van der Waals surface area (Å²) in [6, 6.07) is -0.141. The van der Waals surface area contributed by atoms with E-state index >= 15 is 0 Å². The Morgan fingerprint density at radius 3 is 2.27 bits per heavy atom. The van der Waals surface area contributed by atoms with Crippen molar-refractivity contribution >= 4 is 66.4 Å².